The Balaban J connectivity index is 0.00000578. The number of hydrazone groups is 1. The molecule has 0 radical (unpaired) electrons. The number of nitrogens with zero attached hydrogens (tertiary/aromatic N) is 2. The van der Waals surface area contributed by atoms with Gasteiger partial charge < -0.3 is 25.0 Å². The van der Waals surface area contributed by atoms with Gasteiger partial charge in [-0.25, -0.2) is 0 Å². The Morgan fingerprint density at radius 3 is 2.12 bits per heavy atom. The maximum Gasteiger partial charge on any atom is 0.254 e. The maximum atomic E-state index is 13.0. The molecule has 2 aromatic carbocycles. The topological polar surface area (TPSA) is 86.4 Å². The highest BCUT2D eigenvalue weighted by molar-refractivity contribution is 5.95. The molecule has 7 nitrogen and oxygen atoms in total. The molecule has 0 aliphatic heterocycles. The molecule has 0 saturated heterocycles. The molecule has 2 rings (SSSR count). The minimum Gasteiger partial charge on any atom is -0.494 e. The minimum absolute atomic E-state index is 0. The molecule has 8 heteroatoms. The van der Waals surface area contributed by atoms with E-state index in [1.807, 2.05) is 56.9 Å². The van der Waals surface area contributed by atoms with Crippen LogP contribution in [0.15, 0.2) is 47.6 Å². The quantitative estimate of drug-likeness (QED) is 0.178. The number of hydrogen-bond donors (Lipinski definition) is 1. The van der Waals surface area contributed by atoms with Gasteiger partial charge in [0.1, 0.15) is 5.75 Å². The van der Waals surface area contributed by atoms with E-state index in [2.05, 4.69) is 5.10 Å². The fourth-order valence-electron chi connectivity index (χ4n) is 3.63. The average molecular weight is 492 g/mol. The maximum absolute atomic E-state index is 13.0. The summed E-state index contributed by atoms with van der Waals surface area (Å²) >= 11 is 0. The third kappa shape index (κ3) is 8.78. The third-order valence-electron chi connectivity index (χ3n) is 5.18. The zero-order valence-corrected chi connectivity index (χ0v) is 21.6. The second-order valence-corrected chi connectivity index (χ2v) is 8.37. The normalized spacial score (nSPS) is 10.9. The highest BCUT2D eigenvalue weighted by Crippen LogP contribution is 2.29. The lowest BCUT2D eigenvalue weighted by Crippen LogP contribution is -2.42. The van der Waals surface area contributed by atoms with Crippen LogP contribution in [-0.2, 0) is 0 Å². The van der Waals surface area contributed by atoms with Crippen LogP contribution < -0.4 is 20.1 Å². The molecule has 34 heavy (non-hydrogen) atoms. The van der Waals surface area contributed by atoms with E-state index in [0.717, 1.165) is 30.6 Å². The Labute approximate surface area is 209 Å². The number of amides is 1. The Hall–Kier alpha value is -2.93. The predicted octanol–water partition coefficient (Wildman–Crippen LogP) is 5.30. The standard InChI is InChI=1S/C26H37N3O4.ClH/c1-19(2)29(20(3)4)26(30)22-11-14-24(31-5)25(17-22)33-16-8-6-7-15-32-23-12-9-21(10-13-23)18-28-27;/h9-14,17-20H,6-8,15-16,27H2,1-5H3;1H. The van der Waals surface area contributed by atoms with E-state index in [4.69, 9.17) is 20.1 Å². The fourth-order valence-corrected chi connectivity index (χ4v) is 3.63. The first kappa shape index (κ1) is 29.1. The smallest absolute Gasteiger partial charge is 0.254 e. The molecule has 0 spiro atoms. The first-order valence-electron chi connectivity index (χ1n) is 11.5. The van der Waals surface area contributed by atoms with E-state index in [1.54, 1.807) is 31.5 Å². The summed E-state index contributed by atoms with van der Waals surface area (Å²) in [7, 11) is 1.60. The van der Waals surface area contributed by atoms with Gasteiger partial charge in [0.15, 0.2) is 11.5 Å². The summed E-state index contributed by atoms with van der Waals surface area (Å²) in [5.41, 5.74) is 1.54. The zero-order chi connectivity index (χ0) is 24.2. The SMILES string of the molecule is COc1ccc(C(=O)N(C(C)C)C(C)C)cc1OCCCCCOc1ccc(C=NN)cc1.Cl. The summed E-state index contributed by atoms with van der Waals surface area (Å²) in [6.07, 6.45) is 4.35. The van der Waals surface area contributed by atoms with E-state index in [0.29, 0.717) is 30.3 Å². The molecule has 0 aliphatic rings. The number of rotatable bonds is 13. The average Bonchev–Trinajstić information content (AvgIpc) is 2.79. The molecule has 0 unspecified atom stereocenters. The number of carbonyl (C=O) groups is 1. The third-order valence-corrected chi connectivity index (χ3v) is 5.18. The number of carbonyl (C=O) groups excluding carboxylic acids is 1. The van der Waals surface area contributed by atoms with Crippen LogP contribution in [0.25, 0.3) is 0 Å². The summed E-state index contributed by atoms with van der Waals surface area (Å²) in [6, 6.07) is 13.2. The van der Waals surface area contributed by atoms with E-state index < -0.39 is 0 Å². The van der Waals surface area contributed by atoms with Crippen LogP contribution in [0.3, 0.4) is 0 Å². The molecule has 0 heterocycles. The molecule has 2 N–H and O–H groups in total. The van der Waals surface area contributed by atoms with Gasteiger partial charge >= 0.3 is 0 Å². The van der Waals surface area contributed by atoms with Gasteiger partial charge in [-0.2, -0.15) is 5.10 Å². The van der Waals surface area contributed by atoms with Gasteiger partial charge in [0.05, 0.1) is 26.5 Å². The summed E-state index contributed by atoms with van der Waals surface area (Å²) < 4.78 is 17.1. The highest BCUT2D eigenvalue weighted by Gasteiger charge is 2.22. The molecule has 2 aromatic rings. The Bertz CT molecular complexity index is 893. The van der Waals surface area contributed by atoms with Crippen LogP contribution in [-0.4, -0.2) is 49.4 Å². The summed E-state index contributed by atoms with van der Waals surface area (Å²) in [5.74, 6) is 7.18. The largest absolute Gasteiger partial charge is 0.494 e. The predicted molar refractivity (Wildman–Crippen MR) is 140 cm³/mol. The summed E-state index contributed by atoms with van der Waals surface area (Å²) in [4.78, 5) is 14.9. The van der Waals surface area contributed by atoms with Crippen molar-refractivity contribution >= 4 is 24.5 Å². The molecule has 0 aromatic heterocycles. The molecule has 0 fully saturated rings. The molecular formula is C26H38ClN3O4. The first-order chi connectivity index (χ1) is 15.9. The van der Waals surface area contributed by atoms with Crippen LogP contribution in [0.2, 0.25) is 0 Å². The molecule has 1 amide bonds. The lowest BCUT2D eigenvalue weighted by molar-refractivity contribution is 0.0643. The van der Waals surface area contributed by atoms with Crippen molar-refractivity contribution in [3.8, 4) is 17.2 Å². The van der Waals surface area contributed by atoms with Crippen molar-refractivity contribution in [1.82, 2.24) is 4.90 Å². The number of benzene rings is 2. The minimum atomic E-state index is -0.00648. The van der Waals surface area contributed by atoms with Crippen molar-refractivity contribution in [1.29, 1.82) is 0 Å². The van der Waals surface area contributed by atoms with E-state index >= 15 is 0 Å². The van der Waals surface area contributed by atoms with Crippen molar-refractivity contribution in [2.75, 3.05) is 20.3 Å². The summed E-state index contributed by atoms with van der Waals surface area (Å²) in [5, 5.41) is 3.50. The number of ether oxygens (including phenoxy) is 3. The number of methoxy groups -OCH3 is 1. The number of nitrogens with two attached hydrogens (primary N) is 1. The second-order valence-electron chi connectivity index (χ2n) is 8.37. The van der Waals surface area contributed by atoms with Crippen molar-refractivity contribution in [3.63, 3.8) is 0 Å². The van der Waals surface area contributed by atoms with Gasteiger partial charge in [-0.3, -0.25) is 4.79 Å². The van der Waals surface area contributed by atoms with Gasteiger partial charge in [-0.15, -0.1) is 12.4 Å². The lowest BCUT2D eigenvalue weighted by Gasteiger charge is -2.31. The van der Waals surface area contributed by atoms with Gasteiger partial charge in [-0.1, -0.05) is 0 Å². The number of unbranched alkanes of at least 4 members (excludes halogenated alkanes) is 2. The zero-order valence-electron chi connectivity index (χ0n) is 20.8. The van der Waals surface area contributed by atoms with Gasteiger partial charge in [0.2, 0.25) is 0 Å². The van der Waals surface area contributed by atoms with Crippen LogP contribution in [0.5, 0.6) is 17.2 Å². The molecular weight excluding hydrogens is 454 g/mol. The van der Waals surface area contributed by atoms with Crippen molar-refractivity contribution in [2.45, 2.75) is 59.0 Å². The Morgan fingerprint density at radius 1 is 0.941 bits per heavy atom. The number of halogens is 1. The van der Waals surface area contributed by atoms with Crippen LogP contribution in [0.1, 0.15) is 62.9 Å². The monoisotopic (exact) mass is 491 g/mol. The van der Waals surface area contributed by atoms with Gasteiger partial charge in [0.25, 0.3) is 5.91 Å². The van der Waals surface area contributed by atoms with Gasteiger partial charge in [-0.05, 0) is 95.0 Å². The number of hydrogen-bond acceptors (Lipinski definition) is 6. The molecule has 0 aliphatic carbocycles. The van der Waals surface area contributed by atoms with E-state index in [9.17, 15) is 4.79 Å². The molecule has 0 atom stereocenters. The molecule has 188 valence electrons. The van der Waals surface area contributed by atoms with Crippen molar-refractivity contribution in [2.24, 2.45) is 10.9 Å². The highest BCUT2D eigenvalue weighted by atomic mass is 35.5. The fraction of sp³-hybridized carbons (Fsp3) is 0.462. The van der Waals surface area contributed by atoms with Gasteiger partial charge in [0, 0.05) is 17.6 Å². The van der Waals surface area contributed by atoms with Crippen LogP contribution in [0, 0.1) is 0 Å². The lowest BCUT2D eigenvalue weighted by atomic mass is 10.1. The van der Waals surface area contributed by atoms with Crippen molar-refractivity contribution < 1.29 is 19.0 Å². The van der Waals surface area contributed by atoms with Crippen molar-refractivity contribution in [3.05, 3.63) is 53.6 Å². The molecule has 0 saturated carbocycles. The Morgan fingerprint density at radius 2 is 1.56 bits per heavy atom. The second kappa shape index (κ2) is 15.1. The van der Waals surface area contributed by atoms with E-state index in [-0.39, 0.29) is 30.4 Å². The first-order valence-corrected chi connectivity index (χ1v) is 11.5. The molecule has 0 bridgehead atoms. The van der Waals surface area contributed by atoms with Crippen LogP contribution in [0.4, 0.5) is 0 Å². The Kier molecular flexibility index (Phi) is 12.9. The van der Waals surface area contributed by atoms with E-state index in [1.165, 1.54) is 0 Å². The van der Waals surface area contributed by atoms with Crippen LogP contribution >= 0.6 is 12.4 Å². The summed E-state index contributed by atoms with van der Waals surface area (Å²) in [6.45, 7) is 9.27.